The van der Waals surface area contributed by atoms with Crippen LogP contribution in [0.1, 0.15) is 64.5 Å². The predicted molar refractivity (Wildman–Crippen MR) is 143 cm³/mol. The zero-order chi connectivity index (χ0) is 27.2. The van der Waals surface area contributed by atoms with Crippen molar-refractivity contribution >= 4 is 28.9 Å². The van der Waals surface area contributed by atoms with Crippen molar-refractivity contribution in [2.75, 3.05) is 32.7 Å². The topological polar surface area (TPSA) is 106 Å². The first kappa shape index (κ1) is 26.5. The summed E-state index contributed by atoms with van der Waals surface area (Å²) in [5.74, 6) is -0.705. The minimum absolute atomic E-state index is 0.203. The summed E-state index contributed by atoms with van der Waals surface area (Å²) >= 11 is 0. The third kappa shape index (κ3) is 5.23. The molecule has 1 spiro atoms. The molecule has 3 fully saturated rings. The number of nitrogens with one attached hydrogen (secondary N) is 1. The molecule has 1 atom stereocenters. The Kier molecular flexibility index (Phi) is 6.87. The van der Waals surface area contributed by atoms with Gasteiger partial charge in [-0.3, -0.25) is 24.0 Å². The number of fused-ring (bicyclic) bond motifs is 1. The molecule has 10 nitrogen and oxygen atoms in total. The van der Waals surface area contributed by atoms with Gasteiger partial charge in [-0.2, -0.15) is 0 Å². The van der Waals surface area contributed by atoms with Crippen LogP contribution in [-0.4, -0.2) is 75.2 Å². The van der Waals surface area contributed by atoms with E-state index in [0.717, 1.165) is 75.0 Å². The van der Waals surface area contributed by atoms with E-state index < -0.39 is 17.6 Å². The second-order valence-electron chi connectivity index (χ2n) is 12.3. The molecule has 0 bridgehead atoms. The number of amides is 3. The van der Waals surface area contributed by atoms with Gasteiger partial charge in [-0.25, -0.2) is 9.59 Å². The maximum Gasteiger partial charge on any atom is 0.410 e. The Balaban J connectivity index is 1.13. The Morgan fingerprint density at radius 3 is 2.47 bits per heavy atom. The monoisotopic (exact) mass is 525 g/mol. The number of likely N-dealkylation sites (tertiary alicyclic amines) is 2. The lowest BCUT2D eigenvalue weighted by atomic mass is 9.72. The number of carbonyl (C=O) groups excluding carboxylic acids is 3. The number of rotatable bonds is 5. The van der Waals surface area contributed by atoms with E-state index in [1.165, 1.54) is 4.57 Å². The fraction of sp³-hybridized carbons (Fsp3) is 0.643. The van der Waals surface area contributed by atoms with E-state index in [1.54, 1.807) is 11.6 Å². The van der Waals surface area contributed by atoms with Crippen molar-refractivity contribution < 1.29 is 19.1 Å². The van der Waals surface area contributed by atoms with Gasteiger partial charge < -0.3 is 14.5 Å². The van der Waals surface area contributed by atoms with Crippen LogP contribution in [-0.2, 0) is 27.8 Å². The third-order valence-corrected chi connectivity index (χ3v) is 8.21. The number of nitrogens with zero attached hydrogens (tertiary/aromatic N) is 4. The van der Waals surface area contributed by atoms with Gasteiger partial charge in [-0.15, -0.1) is 0 Å². The van der Waals surface area contributed by atoms with Crippen LogP contribution in [0.2, 0.25) is 0 Å². The summed E-state index contributed by atoms with van der Waals surface area (Å²) in [7, 11) is 1.73. The maximum absolute atomic E-state index is 13.0. The molecule has 1 aromatic carbocycles. The van der Waals surface area contributed by atoms with Gasteiger partial charge in [-0.1, -0.05) is 6.07 Å². The number of benzene rings is 1. The Hall–Kier alpha value is -3.14. The lowest BCUT2D eigenvalue weighted by molar-refractivity contribution is -0.135. The zero-order valence-corrected chi connectivity index (χ0v) is 22.9. The highest BCUT2D eigenvalue weighted by Crippen LogP contribution is 2.40. The molecule has 3 aliphatic rings. The Labute approximate surface area is 222 Å². The molecule has 1 aromatic heterocycles. The molecule has 0 radical (unpaired) electrons. The van der Waals surface area contributed by atoms with E-state index in [2.05, 4.69) is 10.2 Å². The van der Waals surface area contributed by atoms with Crippen molar-refractivity contribution in [1.29, 1.82) is 0 Å². The first-order valence-corrected chi connectivity index (χ1v) is 13.7. The summed E-state index contributed by atoms with van der Waals surface area (Å²) in [5.41, 5.74) is 2.31. The van der Waals surface area contributed by atoms with Gasteiger partial charge >= 0.3 is 11.8 Å². The fourth-order valence-corrected chi connectivity index (χ4v) is 6.17. The molecule has 5 rings (SSSR count). The molecule has 0 saturated carbocycles. The highest BCUT2D eigenvalue weighted by atomic mass is 16.6. The van der Waals surface area contributed by atoms with Crippen LogP contribution in [0.15, 0.2) is 23.0 Å². The van der Waals surface area contributed by atoms with Crippen molar-refractivity contribution in [2.24, 2.45) is 12.5 Å². The minimum Gasteiger partial charge on any atom is -0.444 e. The molecule has 0 aliphatic carbocycles. The van der Waals surface area contributed by atoms with Crippen LogP contribution >= 0.6 is 0 Å². The maximum atomic E-state index is 13.0. The van der Waals surface area contributed by atoms with Gasteiger partial charge in [0.25, 0.3) is 0 Å². The largest absolute Gasteiger partial charge is 0.444 e. The Bertz CT molecular complexity index is 1300. The van der Waals surface area contributed by atoms with Crippen molar-refractivity contribution in [3.63, 3.8) is 0 Å². The third-order valence-electron chi connectivity index (χ3n) is 8.21. The molecule has 1 N–H and O–H groups in total. The molecular weight excluding hydrogens is 486 g/mol. The van der Waals surface area contributed by atoms with Gasteiger partial charge in [0.2, 0.25) is 11.8 Å². The van der Waals surface area contributed by atoms with E-state index in [0.29, 0.717) is 11.8 Å². The fourth-order valence-electron chi connectivity index (χ4n) is 6.17. The number of aryl methyl sites for hydroxylation is 2. The van der Waals surface area contributed by atoms with Crippen LogP contribution < -0.4 is 11.0 Å². The smallest absolute Gasteiger partial charge is 0.410 e. The molecule has 1 unspecified atom stereocenters. The molecule has 10 heteroatoms. The van der Waals surface area contributed by atoms with E-state index in [4.69, 9.17) is 4.74 Å². The first-order valence-electron chi connectivity index (χ1n) is 13.7. The molecule has 206 valence electrons. The van der Waals surface area contributed by atoms with Crippen molar-refractivity contribution in [1.82, 2.24) is 24.3 Å². The van der Waals surface area contributed by atoms with Crippen LogP contribution in [0.4, 0.5) is 4.79 Å². The number of imide groups is 1. The number of hydrogen-bond donors (Lipinski definition) is 1. The summed E-state index contributed by atoms with van der Waals surface area (Å²) in [4.78, 5) is 53.6. The van der Waals surface area contributed by atoms with E-state index in [-0.39, 0.29) is 24.1 Å². The van der Waals surface area contributed by atoms with Crippen molar-refractivity contribution in [3.8, 4) is 0 Å². The molecule has 3 saturated heterocycles. The SMILES string of the molecule is Cn1c(=O)n(C2CCC(=O)NC2=O)c2ccc(CCCN3CC4(CCN(C(=O)OC(C)(C)C)CC4)C3)cc21. The molecular formula is C28H39N5O5. The highest BCUT2D eigenvalue weighted by molar-refractivity contribution is 6.00. The number of imidazole rings is 1. The lowest BCUT2D eigenvalue weighted by Gasteiger charge is -2.54. The summed E-state index contributed by atoms with van der Waals surface area (Å²) in [6.07, 6.45) is 4.34. The van der Waals surface area contributed by atoms with Crippen LogP contribution in [0, 0.1) is 5.41 Å². The van der Waals surface area contributed by atoms with Gasteiger partial charge in [0.05, 0.1) is 11.0 Å². The standard InChI is InChI=1S/C28H39N5O5/c1-27(2,3)38-26(37)32-14-11-28(12-15-32)17-31(18-28)13-5-6-19-7-8-20-22(16-19)30(4)25(36)33(20)21-9-10-23(34)29-24(21)35/h7-8,16,21H,5-6,9-15,17-18H2,1-4H3,(H,29,34,35). The normalized spacial score (nSPS) is 22.0. The summed E-state index contributed by atoms with van der Waals surface area (Å²) in [6.45, 7) is 10.4. The Morgan fingerprint density at radius 1 is 1.11 bits per heavy atom. The minimum atomic E-state index is -0.663. The van der Waals surface area contributed by atoms with E-state index in [1.807, 2.05) is 43.9 Å². The van der Waals surface area contributed by atoms with Gasteiger partial charge in [-0.05, 0) is 82.5 Å². The summed E-state index contributed by atoms with van der Waals surface area (Å²) in [5, 5.41) is 2.35. The van der Waals surface area contributed by atoms with E-state index >= 15 is 0 Å². The average molecular weight is 526 g/mol. The zero-order valence-electron chi connectivity index (χ0n) is 22.9. The number of piperidine rings is 2. The van der Waals surface area contributed by atoms with Crippen LogP contribution in [0.5, 0.6) is 0 Å². The van der Waals surface area contributed by atoms with Crippen LogP contribution in [0.25, 0.3) is 11.0 Å². The summed E-state index contributed by atoms with van der Waals surface area (Å²) in [6, 6.07) is 5.34. The molecule has 2 aromatic rings. The summed E-state index contributed by atoms with van der Waals surface area (Å²) < 4.78 is 8.63. The first-order chi connectivity index (χ1) is 17.9. The second kappa shape index (κ2) is 9.87. The van der Waals surface area contributed by atoms with Gasteiger partial charge in [0.1, 0.15) is 11.6 Å². The quantitative estimate of drug-likeness (QED) is 0.602. The molecule has 38 heavy (non-hydrogen) atoms. The number of carbonyl (C=O) groups is 3. The number of hydrogen-bond acceptors (Lipinski definition) is 6. The lowest BCUT2D eigenvalue weighted by Crippen LogP contribution is -2.61. The van der Waals surface area contributed by atoms with Gasteiger partial charge in [0, 0.05) is 39.6 Å². The highest BCUT2D eigenvalue weighted by Gasteiger charge is 2.45. The molecule has 4 heterocycles. The predicted octanol–water partition coefficient (Wildman–Crippen LogP) is 2.58. The number of aromatic nitrogens is 2. The van der Waals surface area contributed by atoms with Crippen LogP contribution in [0.3, 0.4) is 0 Å². The second-order valence-corrected chi connectivity index (χ2v) is 12.3. The van der Waals surface area contributed by atoms with Crippen molar-refractivity contribution in [3.05, 3.63) is 34.2 Å². The van der Waals surface area contributed by atoms with Crippen molar-refractivity contribution in [2.45, 2.75) is 70.9 Å². The van der Waals surface area contributed by atoms with E-state index in [9.17, 15) is 19.2 Å². The van der Waals surface area contributed by atoms with Gasteiger partial charge in [0.15, 0.2) is 0 Å². The Morgan fingerprint density at radius 2 is 1.82 bits per heavy atom. The molecule has 3 aliphatic heterocycles. The average Bonchev–Trinajstić information content (AvgIpc) is 3.07. The molecule has 3 amide bonds. The number of ether oxygens (including phenoxy) is 1.